The van der Waals surface area contributed by atoms with Crippen molar-refractivity contribution in [2.45, 2.75) is 11.8 Å². The maximum absolute atomic E-state index is 9.96. The minimum atomic E-state index is -0.823. The lowest BCUT2D eigenvalue weighted by Crippen LogP contribution is -2.54. The summed E-state index contributed by atoms with van der Waals surface area (Å²) in [6.07, 6.45) is 0.994. The first-order valence-electron chi connectivity index (χ1n) is 8.66. The predicted molar refractivity (Wildman–Crippen MR) is 91.0 cm³/mol. The van der Waals surface area contributed by atoms with Crippen LogP contribution in [0.15, 0.2) is 22.8 Å². The average molecular weight is 360 g/mol. The normalized spacial score (nSPS) is 27.5. The number of hydrogen-bond acceptors (Lipinski definition) is 10. The summed E-state index contributed by atoms with van der Waals surface area (Å²) in [6, 6.07) is 3.57. The Morgan fingerprint density at radius 3 is 2.23 bits per heavy atom. The molecule has 2 aromatic heterocycles. The molecule has 3 aliphatic rings. The lowest BCUT2D eigenvalue weighted by atomic mass is 10.0. The van der Waals surface area contributed by atoms with E-state index in [4.69, 9.17) is 13.9 Å². The number of rotatable bonds is 6. The van der Waals surface area contributed by atoms with Crippen LogP contribution in [0.3, 0.4) is 0 Å². The van der Waals surface area contributed by atoms with E-state index in [1.807, 2.05) is 0 Å². The molecule has 26 heavy (non-hydrogen) atoms. The molecule has 5 heterocycles. The van der Waals surface area contributed by atoms with E-state index in [2.05, 4.69) is 30.1 Å². The van der Waals surface area contributed by atoms with Gasteiger partial charge in [-0.05, 0) is 12.1 Å². The van der Waals surface area contributed by atoms with E-state index in [1.54, 1.807) is 18.4 Å². The summed E-state index contributed by atoms with van der Waals surface area (Å²) >= 11 is 0. The van der Waals surface area contributed by atoms with Gasteiger partial charge in [-0.15, -0.1) is 0 Å². The molecule has 0 bridgehead atoms. The molecule has 5 rings (SSSR count). The summed E-state index contributed by atoms with van der Waals surface area (Å²) in [5, 5.41) is 13.2. The third kappa shape index (κ3) is 3.06. The molecule has 0 radical (unpaired) electrons. The van der Waals surface area contributed by atoms with Crippen LogP contribution in [0.1, 0.15) is 12.1 Å². The van der Waals surface area contributed by atoms with Gasteiger partial charge in [-0.25, -0.2) is 0 Å². The van der Waals surface area contributed by atoms with Crippen molar-refractivity contribution in [2.24, 2.45) is 0 Å². The summed E-state index contributed by atoms with van der Waals surface area (Å²) in [7, 11) is 0. The van der Waals surface area contributed by atoms with Gasteiger partial charge in [0.1, 0.15) is 5.54 Å². The molecule has 0 atom stereocenters. The Labute approximate surface area is 149 Å². The molecule has 138 valence electrons. The molecular weight excluding hydrogens is 340 g/mol. The highest BCUT2D eigenvalue weighted by Crippen LogP contribution is 2.30. The highest BCUT2D eigenvalue weighted by molar-refractivity contribution is 5.51. The Kier molecular flexibility index (Phi) is 3.69. The molecule has 3 saturated heterocycles. The summed E-state index contributed by atoms with van der Waals surface area (Å²) in [5.74, 6) is 2.33. The molecule has 10 heteroatoms. The monoisotopic (exact) mass is 360 g/mol. The van der Waals surface area contributed by atoms with Gasteiger partial charge in [0.25, 0.3) is 0 Å². The first-order chi connectivity index (χ1) is 12.7. The number of anilines is 3. The molecule has 2 aromatic rings. The number of ether oxygens (including phenoxy) is 2. The lowest BCUT2D eigenvalue weighted by molar-refractivity contribution is -0.219. The van der Waals surface area contributed by atoms with E-state index >= 15 is 0 Å². The van der Waals surface area contributed by atoms with Gasteiger partial charge in [0.05, 0.1) is 26.1 Å². The SMILES string of the molecule is OCC1(Nc2nc(N3CC3)nc(N3CC3)n2)COC(c2ccco2)OC1. The quantitative estimate of drug-likeness (QED) is 0.683. The standard InChI is InChI=1S/C16H20N6O4/c23-8-16(9-25-12(26-10-16)11-2-1-7-24-11)20-13-17-14(21-3-4-21)19-15(18-13)22-5-6-22/h1-2,7,12,23H,3-6,8-10H2,(H,17,18,19,20). The van der Waals surface area contributed by atoms with Crippen molar-refractivity contribution in [1.82, 2.24) is 15.0 Å². The van der Waals surface area contributed by atoms with Crippen molar-refractivity contribution in [3.05, 3.63) is 24.2 Å². The maximum atomic E-state index is 9.96. The number of aromatic nitrogens is 3. The average Bonchev–Trinajstić information content (AvgIpc) is 3.60. The van der Waals surface area contributed by atoms with Crippen LogP contribution in [0.5, 0.6) is 0 Å². The summed E-state index contributed by atoms with van der Waals surface area (Å²) in [4.78, 5) is 17.6. The highest BCUT2D eigenvalue weighted by Gasteiger charge is 2.39. The van der Waals surface area contributed by atoms with Gasteiger partial charge in [-0.2, -0.15) is 15.0 Å². The molecule has 10 nitrogen and oxygen atoms in total. The van der Waals surface area contributed by atoms with Crippen molar-refractivity contribution in [1.29, 1.82) is 0 Å². The fourth-order valence-electron chi connectivity index (χ4n) is 2.78. The smallest absolute Gasteiger partial charge is 0.232 e. The second-order valence-corrected chi connectivity index (χ2v) is 6.77. The Morgan fingerprint density at radius 1 is 1.08 bits per heavy atom. The van der Waals surface area contributed by atoms with Crippen molar-refractivity contribution in [2.75, 3.05) is 61.1 Å². The zero-order valence-electron chi connectivity index (χ0n) is 14.2. The number of nitrogens with zero attached hydrogens (tertiary/aromatic N) is 5. The van der Waals surface area contributed by atoms with E-state index in [0.29, 0.717) is 23.6 Å². The van der Waals surface area contributed by atoms with Gasteiger partial charge in [0.2, 0.25) is 24.1 Å². The second kappa shape index (κ2) is 6.08. The molecule has 0 amide bonds. The van der Waals surface area contributed by atoms with E-state index < -0.39 is 11.8 Å². The van der Waals surface area contributed by atoms with Gasteiger partial charge in [0, 0.05) is 26.2 Å². The van der Waals surface area contributed by atoms with Gasteiger partial charge in [-0.3, -0.25) is 0 Å². The van der Waals surface area contributed by atoms with E-state index in [9.17, 15) is 5.11 Å². The lowest BCUT2D eigenvalue weighted by Gasteiger charge is -2.38. The van der Waals surface area contributed by atoms with Crippen molar-refractivity contribution in [3.63, 3.8) is 0 Å². The van der Waals surface area contributed by atoms with Crippen LogP contribution in [0, 0.1) is 0 Å². The van der Waals surface area contributed by atoms with Crippen LogP contribution in [-0.2, 0) is 9.47 Å². The van der Waals surface area contributed by atoms with E-state index in [1.165, 1.54) is 0 Å². The van der Waals surface area contributed by atoms with Crippen LogP contribution < -0.4 is 15.1 Å². The molecule has 0 aliphatic carbocycles. The topological polar surface area (TPSA) is 109 Å². The Bertz CT molecular complexity index is 739. The molecule has 0 aromatic carbocycles. The molecule has 2 N–H and O–H groups in total. The van der Waals surface area contributed by atoms with Crippen LogP contribution in [0.2, 0.25) is 0 Å². The number of aliphatic hydroxyl groups excluding tert-OH is 1. The second-order valence-electron chi connectivity index (χ2n) is 6.77. The highest BCUT2D eigenvalue weighted by atomic mass is 16.7. The molecule has 0 saturated carbocycles. The van der Waals surface area contributed by atoms with Crippen LogP contribution >= 0.6 is 0 Å². The number of hydrogen-bond donors (Lipinski definition) is 2. The zero-order valence-corrected chi connectivity index (χ0v) is 14.2. The van der Waals surface area contributed by atoms with Gasteiger partial charge < -0.3 is 34.1 Å². The van der Waals surface area contributed by atoms with Crippen molar-refractivity contribution in [3.8, 4) is 0 Å². The minimum Gasteiger partial charge on any atom is -0.464 e. The Hall–Kier alpha value is -2.43. The zero-order chi connectivity index (χ0) is 17.6. The molecule has 0 spiro atoms. The third-order valence-corrected chi connectivity index (χ3v) is 4.55. The molecule has 0 unspecified atom stereocenters. The predicted octanol–water partition coefficient (Wildman–Crippen LogP) is -0.00680. The van der Waals surface area contributed by atoms with E-state index in [0.717, 1.165) is 26.2 Å². The first-order valence-corrected chi connectivity index (χ1v) is 8.66. The first kappa shape index (κ1) is 15.8. The minimum absolute atomic E-state index is 0.179. The maximum Gasteiger partial charge on any atom is 0.232 e. The fraction of sp³-hybridized carbons (Fsp3) is 0.562. The van der Waals surface area contributed by atoms with Crippen molar-refractivity contribution >= 4 is 17.8 Å². The van der Waals surface area contributed by atoms with Gasteiger partial charge in [0.15, 0.2) is 5.76 Å². The van der Waals surface area contributed by atoms with Crippen LogP contribution in [0.25, 0.3) is 0 Å². The largest absolute Gasteiger partial charge is 0.464 e. The van der Waals surface area contributed by atoms with Crippen LogP contribution in [-0.4, -0.2) is 71.6 Å². The van der Waals surface area contributed by atoms with Gasteiger partial charge in [-0.1, -0.05) is 0 Å². The molecule has 3 aliphatic heterocycles. The molecule has 3 fully saturated rings. The Morgan fingerprint density at radius 2 is 1.73 bits per heavy atom. The number of nitrogens with one attached hydrogen (secondary N) is 1. The van der Waals surface area contributed by atoms with Crippen molar-refractivity contribution < 1.29 is 19.0 Å². The summed E-state index contributed by atoms with van der Waals surface area (Å²) in [6.45, 7) is 4.09. The summed E-state index contributed by atoms with van der Waals surface area (Å²) in [5.41, 5.74) is -0.823. The molecular formula is C16H20N6O4. The Balaban J connectivity index is 1.34. The van der Waals surface area contributed by atoms with Gasteiger partial charge >= 0.3 is 0 Å². The van der Waals surface area contributed by atoms with Crippen LogP contribution in [0.4, 0.5) is 17.8 Å². The summed E-state index contributed by atoms with van der Waals surface area (Å²) < 4.78 is 16.8. The number of furan rings is 1. The van der Waals surface area contributed by atoms with E-state index in [-0.39, 0.29) is 19.8 Å². The third-order valence-electron chi connectivity index (χ3n) is 4.55. The number of aliphatic hydroxyl groups is 1. The fourth-order valence-corrected chi connectivity index (χ4v) is 2.78.